The van der Waals surface area contributed by atoms with Crippen LogP contribution in [-0.2, 0) is 11.3 Å². The largest absolute Gasteiger partial charge is 0.326 e. The molecule has 2 unspecified atom stereocenters. The molecule has 0 bridgehead atoms. The number of rotatable bonds is 3. The molecule has 3 heteroatoms. The number of anilines is 1. The third-order valence-electron chi connectivity index (χ3n) is 3.24. The molecule has 3 nitrogen and oxygen atoms in total. The van der Waals surface area contributed by atoms with Crippen LogP contribution in [0.3, 0.4) is 0 Å². The van der Waals surface area contributed by atoms with Gasteiger partial charge in [0.25, 0.3) is 0 Å². The molecule has 86 valence electrons. The van der Waals surface area contributed by atoms with Gasteiger partial charge >= 0.3 is 0 Å². The maximum Gasteiger partial charge on any atom is 0.227 e. The molecule has 2 rings (SSSR count). The second-order valence-corrected chi connectivity index (χ2v) is 4.66. The summed E-state index contributed by atoms with van der Waals surface area (Å²) in [5.41, 5.74) is 8.60. The molecule has 3 N–H and O–H groups in total. The highest BCUT2D eigenvalue weighted by atomic mass is 16.2. The topological polar surface area (TPSA) is 55.1 Å². The summed E-state index contributed by atoms with van der Waals surface area (Å²) in [6.45, 7) is 4.60. The van der Waals surface area contributed by atoms with Gasteiger partial charge in [0.15, 0.2) is 0 Å². The second kappa shape index (κ2) is 4.26. The highest BCUT2D eigenvalue weighted by Crippen LogP contribution is 2.38. The van der Waals surface area contributed by atoms with Gasteiger partial charge in [0.05, 0.1) is 0 Å². The van der Waals surface area contributed by atoms with Gasteiger partial charge in [-0.15, -0.1) is 0 Å². The molecule has 1 amide bonds. The monoisotopic (exact) mass is 218 g/mol. The van der Waals surface area contributed by atoms with Crippen molar-refractivity contribution in [3.8, 4) is 0 Å². The zero-order valence-corrected chi connectivity index (χ0v) is 9.79. The molecular weight excluding hydrogens is 200 g/mol. The first-order valence-electron chi connectivity index (χ1n) is 5.72. The van der Waals surface area contributed by atoms with Crippen LogP contribution < -0.4 is 11.1 Å². The maximum atomic E-state index is 11.8. The van der Waals surface area contributed by atoms with Crippen LogP contribution in [0, 0.1) is 18.8 Å². The van der Waals surface area contributed by atoms with Gasteiger partial charge < -0.3 is 11.1 Å². The lowest BCUT2D eigenvalue weighted by Gasteiger charge is -2.09. The minimum atomic E-state index is 0.143. The third-order valence-corrected chi connectivity index (χ3v) is 3.24. The van der Waals surface area contributed by atoms with Crippen molar-refractivity contribution in [3.05, 3.63) is 29.3 Å². The van der Waals surface area contributed by atoms with Crippen LogP contribution in [0.15, 0.2) is 18.2 Å². The van der Waals surface area contributed by atoms with Crippen LogP contribution in [0.25, 0.3) is 0 Å². The van der Waals surface area contributed by atoms with Gasteiger partial charge in [-0.1, -0.05) is 19.1 Å². The number of aryl methyl sites for hydroxylation is 1. The SMILES string of the molecule is Cc1ccc(CN)cc1NC(=O)C1CC1C. The standard InChI is InChI=1S/C13H18N2O/c1-8-3-4-10(7-14)6-12(8)15-13(16)11-5-9(11)2/h3-4,6,9,11H,5,7,14H2,1-2H3,(H,15,16). The molecule has 16 heavy (non-hydrogen) atoms. The van der Waals surface area contributed by atoms with Gasteiger partial charge in [-0.3, -0.25) is 4.79 Å². The lowest BCUT2D eigenvalue weighted by atomic mass is 10.1. The van der Waals surface area contributed by atoms with Crippen LogP contribution in [0.4, 0.5) is 5.69 Å². The predicted octanol–water partition coefficient (Wildman–Crippen LogP) is 2.05. The highest BCUT2D eigenvalue weighted by molar-refractivity contribution is 5.95. The van der Waals surface area contributed by atoms with Crippen LogP contribution in [-0.4, -0.2) is 5.91 Å². The first kappa shape index (κ1) is 11.1. The summed E-state index contributed by atoms with van der Waals surface area (Å²) < 4.78 is 0. The Balaban J connectivity index is 2.10. The van der Waals surface area contributed by atoms with E-state index in [0.717, 1.165) is 23.2 Å². The summed E-state index contributed by atoms with van der Waals surface area (Å²) in [7, 11) is 0. The van der Waals surface area contributed by atoms with Gasteiger partial charge in [-0.05, 0) is 36.5 Å². The Hall–Kier alpha value is -1.35. The molecule has 0 radical (unpaired) electrons. The summed E-state index contributed by atoms with van der Waals surface area (Å²) in [4.78, 5) is 11.8. The number of hydrogen-bond donors (Lipinski definition) is 2. The zero-order valence-electron chi connectivity index (χ0n) is 9.79. The van der Waals surface area contributed by atoms with E-state index in [1.165, 1.54) is 0 Å². The zero-order chi connectivity index (χ0) is 11.7. The Morgan fingerprint density at radius 1 is 1.56 bits per heavy atom. The van der Waals surface area contributed by atoms with Crippen LogP contribution >= 0.6 is 0 Å². The van der Waals surface area contributed by atoms with E-state index in [9.17, 15) is 4.79 Å². The number of benzene rings is 1. The fourth-order valence-electron chi connectivity index (χ4n) is 1.84. The van der Waals surface area contributed by atoms with E-state index in [-0.39, 0.29) is 11.8 Å². The van der Waals surface area contributed by atoms with E-state index in [0.29, 0.717) is 12.5 Å². The third kappa shape index (κ3) is 2.25. The number of nitrogens with two attached hydrogens (primary N) is 1. The summed E-state index contributed by atoms with van der Waals surface area (Å²) >= 11 is 0. The molecule has 1 aromatic rings. The van der Waals surface area contributed by atoms with Crippen LogP contribution in [0.5, 0.6) is 0 Å². The van der Waals surface area contributed by atoms with Crippen molar-refractivity contribution < 1.29 is 4.79 Å². The van der Waals surface area contributed by atoms with Gasteiger partial charge in [0.1, 0.15) is 0 Å². The summed E-state index contributed by atoms with van der Waals surface area (Å²) in [6.07, 6.45) is 1.02. The smallest absolute Gasteiger partial charge is 0.227 e. The van der Waals surface area contributed by atoms with Crippen molar-refractivity contribution in [3.63, 3.8) is 0 Å². The fourth-order valence-corrected chi connectivity index (χ4v) is 1.84. The quantitative estimate of drug-likeness (QED) is 0.815. The normalized spacial score (nSPS) is 22.9. The lowest BCUT2D eigenvalue weighted by molar-refractivity contribution is -0.117. The molecule has 0 aromatic heterocycles. The van der Waals surface area contributed by atoms with E-state index < -0.39 is 0 Å². The van der Waals surface area contributed by atoms with Gasteiger partial charge in [-0.2, -0.15) is 0 Å². The molecule has 0 spiro atoms. The number of hydrogen-bond acceptors (Lipinski definition) is 2. The van der Waals surface area contributed by atoms with Crippen LogP contribution in [0.1, 0.15) is 24.5 Å². The van der Waals surface area contributed by atoms with Crippen molar-refractivity contribution in [2.75, 3.05) is 5.32 Å². The summed E-state index contributed by atoms with van der Waals surface area (Å²) in [6, 6.07) is 5.94. The molecule has 1 fully saturated rings. The molecule has 0 aliphatic heterocycles. The Morgan fingerprint density at radius 3 is 2.81 bits per heavy atom. The average Bonchev–Trinajstić information content (AvgIpc) is 2.99. The van der Waals surface area contributed by atoms with Crippen molar-refractivity contribution in [1.29, 1.82) is 0 Å². The van der Waals surface area contributed by atoms with E-state index in [4.69, 9.17) is 5.73 Å². The van der Waals surface area contributed by atoms with E-state index in [2.05, 4.69) is 12.2 Å². The van der Waals surface area contributed by atoms with Crippen molar-refractivity contribution in [1.82, 2.24) is 0 Å². The van der Waals surface area contributed by atoms with Crippen LogP contribution in [0.2, 0.25) is 0 Å². The van der Waals surface area contributed by atoms with Crippen molar-refractivity contribution >= 4 is 11.6 Å². The van der Waals surface area contributed by atoms with Gasteiger partial charge in [0.2, 0.25) is 5.91 Å². The van der Waals surface area contributed by atoms with Crippen molar-refractivity contribution in [2.24, 2.45) is 17.6 Å². The molecule has 0 saturated heterocycles. The Morgan fingerprint density at radius 2 is 2.25 bits per heavy atom. The van der Waals surface area contributed by atoms with E-state index in [1.807, 2.05) is 25.1 Å². The van der Waals surface area contributed by atoms with Gasteiger partial charge in [-0.25, -0.2) is 0 Å². The fraction of sp³-hybridized carbons (Fsp3) is 0.462. The molecule has 1 aromatic carbocycles. The molecular formula is C13H18N2O. The average molecular weight is 218 g/mol. The first-order chi connectivity index (χ1) is 7.61. The summed E-state index contributed by atoms with van der Waals surface area (Å²) in [5.74, 6) is 0.892. The molecule has 0 heterocycles. The lowest BCUT2D eigenvalue weighted by Crippen LogP contribution is -2.15. The molecule has 1 aliphatic carbocycles. The maximum absolute atomic E-state index is 11.8. The minimum Gasteiger partial charge on any atom is -0.326 e. The van der Waals surface area contributed by atoms with Crippen molar-refractivity contribution in [2.45, 2.75) is 26.8 Å². The molecule has 1 aliphatic rings. The number of carbonyl (C=O) groups is 1. The Kier molecular flexibility index (Phi) is 2.97. The highest BCUT2D eigenvalue weighted by Gasteiger charge is 2.39. The Bertz CT molecular complexity index is 414. The summed E-state index contributed by atoms with van der Waals surface area (Å²) in [5, 5.41) is 2.98. The van der Waals surface area contributed by atoms with Gasteiger partial charge in [0, 0.05) is 18.2 Å². The number of carbonyl (C=O) groups excluding carboxylic acids is 1. The first-order valence-corrected chi connectivity index (χ1v) is 5.72. The van der Waals surface area contributed by atoms with E-state index >= 15 is 0 Å². The number of nitrogens with one attached hydrogen (secondary N) is 1. The van der Waals surface area contributed by atoms with E-state index in [1.54, 1.807) is 0 Å². The second-order valence-electron chi connectivity index (χ2n) is 4.66. The molecule has 1 saturated carbocycles. The number of amides is 1. The predicted molar refractivity (Wildman–Crippen MR) is 65.0 cm³/mol. The Labute approximate surface area is 96.0 Å². The minimum absolute atomic E-state index is 0.143. The molecule has 2 atom stereocenters.